The Morgan fingerprint density at radius 1 is 1.08 bits per heavy atom. The van der Waals surface area contributed by atoms with Gasteiger partial charge in [-0.15, -0.1) is 0 Å². The summed E-state index contributed by atoms with van der Waals surface area (Å²) in [7, 11) is 0. The van der Waals surface area contributed by atoms with Crippen LogP contribution in [0.25, 0.3) is 0 Å². The van der Waals surface area contributed by atoms with E-state index in [1.165, 1.54) is 57.2 Å². The number of pyridine rings is 1. The smallest absolute Gasteiger partial charge is 0.0270 e. The van der Waals surface area contributed by atoms with E-state index in [4.69, 9.17) is 0 Å². The summed E-state index contributed by atoms with van der Waals surface area (Å²) in [4.78, 5) is 6.95. The van der Waals surface area contributed by atoms with Crippen LogP contribution in [-0.2, 0) is 5.41 Å². The van der Waals surface area contributed by atoms with Crippen molar-refractivity contribution in [3.63, 3.8) is 0 Å². The Morgan fingerprint density at radius 3 is 2.33 bits per heavy atom. The van der Waals surface area contributed by atoms with Gasteiger partial charge >= 0.3 is 0 Å². The van der Waals surface area contributed by atoms with E-state index in [1.54, 1.807) is 0 Å². The van der Waals surface area contributed by atoms with Crippen LogP contribution < -0.4 is 0 Å². The van der Waals surface area contributed by atoms with Crippen molar-refractivity contribution < 1.29 is 0 Å². The van der Waals surface area contributed by atoms with Crippen molar-refractivity contribution in [2.24, 2.45) is 10.8 Å². The van der Waals surface area contributed by atoms with Crippen LogP contribution in [0.5, 0.6) is 0 Å². The highest BCUT2D eigenvalue weighted by molar-refractivity contribution is 5.20. The van der Waals surface area contributed by atoms with E-state index in [0.29, 0.717) is 16.9 Å². The predicted molar refractivity (Wildman–Crippen MR) is 102 cm³/mol. The van der Waals surface area contributed by atoms with Crippen LogP contribution >= 0.6 is 0 Å². The van der Waals surface area contributed by atoms with Crippen LogP contribution in [0.15, 0.2) is 24.5 Å². The first-order chi connectivity index (χ1) is 11.2. The highest BCUT2D eigenvalue weighted by Gasteiger charge is 2.44. The van der Waals surface area contributed by atoms with Gasteiger partial charge in [-0.25, -0.2) is 0 Å². The molecule has 2 heterocycles. The molecule has 1 aliphatic carbocycles. The Morgan fingerprint density at radius 2 is 1.71 bits per heavy atom. The summed E-state index contributed by atoms with van der Waals surface area (Å²) >= 11 is 0. The molecule has 1 saturated heterocycles. The molecule has 1 aromatic heterocycles. The van der Waals surface area contributed by atoms with Crippen LogP contribution in [-0.4, -0.2) is 29.0 Å². The highest BCUT2D eigenvalue weighted by atomic mass is 15.2. The molecule has 0 bridgehead atoms. The fourth-order valence-electron chi connectivity index (χ4n) is 5.00. The van der Waals surface area contributed by atoms with Gasteiger partial charge in [-0.1, -0.05) is 27.7 Å². The van der Waals surface area contributed by atoms with Gasteiger partial charge in [0.2, 0.25) is 0 Å². The minimum atomic E-state index is 0.215. The minimum absolute atomic E-state index is 0.215. The lowest BCUT2D eigenvalue weighted by atomic mass is 9.65. The topological polar surface area (TPSA) is 16.1 Å². The van der Waals surface area contributed by atoms with Crippen LogP contribution in [0.4, 0.5) is 0 Å². The third-order valence-corrected chi connectivity index (χ3v) is 7.02. The Kier molecular flexibility index (Phi) is 4.81. The summed E-state index contributed by atoms with van der Waals surface area (Å²) in [5.74, 6) is 0. The van der Waals surface area contributed by atoms with Gasteiger partial charge in [-0.2, -0.15) is 0 Å². The van der Waals surface area contributed by atoms with Crippen molar-refractivity contribution in [3.05, 3.63) is 30.1 Å². The van der Waals surface area contributed by atoms with Crippen molar-refractivity contribution >= 4 is 0 Å². The molecule has 0 aromatic carbocycles. The van der Waals surface area contributed by atoms with Crippen molar-refractivity contribution in [1.29, 1.82) is 0 Å². The van der Waals surface area contributed by atoms with Gasteiger partial charge in [0.1, 0.15) is 0 Å². The Balaban J connectivity index is 1.60. The molecule has 1 spiro atoms. The molecule has 2 aliphatic rings. The number of likely N-dealkylation sites (tertiary alicyclic amines) is 1. The number of nitrogens with zero attached hydrogens (tertiary/aromatic N) is 2. The molecule has 1 unspecified atom stereocenters. The first-order valence-corrected chi connectivity index (χ1v) is 9.86. The highest BCUT2D eigenvalue weighted by Crippen LogP contribution is 2.50. The van der Waals surface area contributed by atoms with Crippen molar-refractivity contribution in [2.75, 3.05) is 13.1 Å². The molecule has 1 aromatic rings. The van der Waals surface area contributed by atoms with Gasteiger partial charge in [0.15, 0.2) is 0 Å². The quantitative estimate of drug-likeness (QED) is 0.732. The van der Waals surface area contributed by atoms with Crippen LogP contribution in [0.2, 0.25) is 0 Å². The summed E-state index contributed by atoms with van der Waals surface area (Å²) in [5.41, 5.74) is 2.84. The molecule has 2 nitrogen and oxygen atoms in total. The molecular formula is C22H36N2. The molecule has 2 heteroatoms. The van der Waals surface area contributed by atoms with E-state index in [1.807, 2.05) is 12.4 Å². The Bertz CT molecular complexity index is 536. The standard InChI is InChI=1S/C22H36N2/c1-18(16-21(4,5)19-6-13-23-14-7-19)24-15-12-22(17-24)10-8-20(2,3)9-11-22/h6-7,13-14,18H,8-12,15-17H2,1-5H3. The third-order valence-electron chi connectivity index (χ3n) is 7.02. The van der Waals surface area contributed by atoms with Crippen LogP contribution in [0.1, 0.15) is 78.7 Å². The van der Waals surface area contributed by atoms with E-state index >= 15 is 0 Å². The summed E-state index contributed by atoms with van der Waals surface area (Å²) in [6.45, 7) is 14.7. The molecule has 0 N–H and O–H groups in total. The summed E-state index contributed by atoms with van der Waals surface area (Å²) in [6, 6.07) is 5.02. The molecule has 1 saturated carbocycles. The lowest BCUT2D eigenvalue weighted by Gasteiger charge is -2.42. The van der Waals surface area contributed by atoms with Gasteiger partial charge in [-0.3, -0.25) is 4.98 Å². The Hall–Kier alpha value is -0.890. The zero-order chi connectivity index (χ0) is 17.4. The first kappa shape index (κ1) is 17.9. The van der Waals surface area contributed by atoms with Crippen molar-refractivity contribution in [2.45, 2.75) is 84.6 Å². The molecule has 1 aliphatic heterocycles. The summed E-state index contributed by atoms with van der Waals surface area (Å²) in [5, 5.41) is 0. The third kappa shape index (κ3) is 3.85. The maximum Gasteiger partial charge on any atom is 0.0270 e. The summed E-state index contributed by atoms with van der Waals surface area (Å²) in [6.07, 6.45) is 12.2. The Labute approximate surface area is 149 Å². The fraction of sp³-hybridized carbons (Fsp3) is 0.773. The predicted octanol–water partition coefficient (Wildman–Crippen LogP) is 5.43. The second kappa shape index (κ2) is 6.44. The second-order valence-corrected chi connectivity index (χ2v) is 10.1. The minimum Gasteiger partial charge on any atom is -0.300 e. The van der Waals surface area contributed by atoms with Crippen LogP contribution in [0, 0.1) is 10.8 Å². The van der Waals surface area contributed by atoms with Gasteiger partial charge in [0, 0.05) is 25.0 Å². The molecule has 0 amide bonds. The zero-order valence-corrected chi connectivity index (χ0v) is 16.4. The van der Waals surface area contributed by atoms with Gasteiger partial charge in [0.25, 0.3) is 0 Å². The fourth-order valence-corrected chi connectivity index (χ4v) is 5.00. The van der Waals surface area contributed by atoms with E-state index in [0.717, 1.165) is 0 Å². The molecule has 0 radical (unpaired) electrons. The maximum absolute atomic E-state index is 4.17. The normalized spacial score (nSPS) is 25.0. The van der Waals surface area contributed by atoms with Crippen molar-refractivity contribution in [3.8, 4) is 0 Å². The monoisotopic (exact) mass is 328 g/mol. The molecule has 1 atom stereocenters. The largest absolute Gasteiger partial charge is 0.300 e. The number of hydrogen-bond acceptors (Lipinski definition) is 2. The molecule has 134 valence electrons. The van der Waals surface area contributed by atoms with E-state index < -0.39 is 0 Å². The maximum atomic E-state index is 4.17. The van der Waals surface area contributed by atoms with Gasteiger partial charge < -0.3 is 4.90 Å². The molecule has 24 heavy (non-hydrogen) atoms. The molecule has 2 fully saturated rings. The number of rotatable bonds is 4. The van der Waals surface area contributed by atoms with Gasteiger partial charge in [0.05, 0.1) is 0 Å². The average molecular weight is 329 g/mol. The lowest BCUT2D eigenvalue weighted by molar-refractivity contribution is 0.0964. The SMILES string of the molecule is CC(CC(C)(C)c1ccncc1)N1CCC2(CCC(C)(C)CC2)C1. The molecule has 3 rings (SSSR count). The lowest BCUT2D eigenvalue weighted by Crippen LogP contribution is -2.39. The first-order valence-electron chi connectivity index (χ1n) is 9.86. The number of aromatic nitrogens is 1. The summed E-state index contributed by atoms with van der Waals surface area (Å²) < 4.78 is 0. The molecular weight excluding hydrogens is 292 g/mol. The zero-order valence-electron chi connectivity index (χ0n) is 16.4. The van der Waals surface area contributed by atoms with E-state index in [-0.39, 0.29) is 5.41 Å². The van der Waals surface area contributed by atoms with E-state index in [2.05, 4.69) is 56.6 Å². The number of hydrogen-bond donors (Lipinski definition) is 0. The van der Waals surface area contributed by atoms with Gasteiger partial charge in [-0.05, 0) is 85.9 Å². The van der Waals surface area contributed by atoms with Crippen LogP contribution in [0.3, 0.4) is 0 Å². The van der Waals surface area contributed by atoms with E-state index in [9.17, 15) is 0 Å². The second-order valence-electron chi connectivity index (χ2n) is 10.1. The average Bonchev–Trinajstić information content (AvgIpc) is 2.96. The van der Waals surface area contributed by atoms with Crippen molar-refractivity contribution in [1.82, 2.24) is 9.88 Å².